The number of likely N-dealkylation sites (N-methyl/N-ethyl adjacent to an activating group) is 1. The second-order valence-corrected chi connectivity index (χ2v) is 7.56. The highest BCUT2D eigenvalue weighted by Crippen LogP contribution is 2.28. The van der Waals surface area contributed by atoms with Gasteiger partial charge in [-0.25, -0.2) is 0 Å². The van der Waals surface area contributed by atoms with Crippen molar-refractivity contribution in [2.75, 3.05) is 12.3 Å². The van der Waals surface area contributed by atoms with E-state index < -0.39 is 0 Å². The standard InChI is InChI=1S/C19H31NS/c1-3-16-10-12-17(13-11-16)14-18(20-4-2)15-21-19-8-6-5-7-9-19/h10-13,18-20H,3-9,14-15H2,1-2H3. The molecule has 0 aromatic heterocycles. The van der Waals surface area contributed by atoms with E-state index in [9.17, 15) is 0 Å². The predicted octanol–water partition coefficient (Wildman–Crippen LogP) is 4.84. The lowest BCUT2D eigenvalue weighted by atomic mass is 10.0. The molecule has 1 atom stereocenters. The lowest BCUT2D eigenvalue weighted by Gasteiger charge is -2.24. The SMILES string of the molecule is CCNC(CSC1CCCCC1)Cc1ccc(CC)cc1. The van der Waals surface area contributed by atoms with Gasteiger partial charge in [-0.2, -0.15) is 11.8 Å². The normalized spacial score (nSPS) is 17.8. The van der Waals surface area contributed by atoms with E-state index in [2.05, 4.69) is 55.2 Å². The summed E-state index contributed by atoms with van der Waals surface area (Å²) in [5.41, 5.74) is 2.91. The molecule has 0 spiro atoms. The van der Waals surface area contributed by atoms with E-state index in [0.717, 1.165) is 24.6 Å². The monoisotopic (exact) mass is 305 g/mol. The van der Waals surface area contributed by atoms with Gasteiger partial charge in [-0.1, -0.05) is 57.4 Å². The number of benzene rings is 1. The molecule has 0 bridgehead atoms. The van der Waals surface area contributed by atoms with Crippen molar-refractivity contribution in [3.8, 4) is 0 Å². The summed E-state index contributed by atoms with van der Waals surface area (Å²) in [5.74, 6) is 1.26. The lowest BCUT2D eigenvalue weighted by molar-refractivity contribution is 0.513. The van der Waals surface area contributed by atoms with E-state index in [0.29, 0.717) is 6.04 Å². The van der Waals surface area contributed by atoms with Crippen LogP contribution in [0.15, 0.2) is 24.3 Å². The first-order valence-electron chi connectivity index (χ1n) is 8.74. The molecular formula is C19H31NS. The van der Waals surface area contributed by atoms with Crippen molar-refractivity contribution < 1.29 is 0 Å². The van der Waals surface area contributed by atoms with Crippen molar-refractivity contribution in [2.24, 2.45) is 0 Å². The maximum absolute atomic E-state index is 3.68. The highest BCUT2D eigenvalue weighted by Gasteiger charge is 2.16. The van der Waals surface area contributed by atoms with Gasteiger partial charge in [0.1, 0.15) is 0 Å². The molecule has 1 aromatic carbocycles. The van der Waals surface area contributed by atoms with Crippen molar-refractivity contribution in [2.45, 2.75) is 70.1 Å². The molecule has 2 heteroatoms. The molecule has 1 fully saturated rings. The van der Waals surface area contributed by atoms with Gasteiger partial charge in [0.25, 0.3) is 0 Å². The fraction of sp³-hybridized carbons (Fsp3) is 0.684. The molecule has 21 heavy (non-hydrogen) atoms. The average molecular weight is 306 g/mol. The summed E-state index contributed by atoms with van der Waals surface area (Å²) in [7, 11) is 0. The maximum atomic E-state index is 3.68. The zero-order valence-electron chi connectivity index (χ0n) is 13.7. The molecule has 1 unspecified atom stereocenters. The third-order valence-corrected chi connectivity index (χ3v) is 6.03. The Balaban J connectivity index is 1.82. The minimum absolute atomic E-state index is 0.620. The van der Waals surface area contributed by atoms with Crippen LogP contribution in [-0.4, -0.2) is 23.6 Å². The average Bonchev–Trinajstić information content (AvgIpc) is 2.54. The van der Waals surface area contributed by atoms with Gasteiger partial charge in [-0.3, -0.25) is 0 Å². The summed E-state index contributed by atoms with van der Waals surface area (Å²) < 4.78 is 0. The Kier molecular flexibility index (Phi) is 7.66. The molecule has 0 radical (unpaired) electrons. The smallest absolute Gasteiger partial charge is 0.0198 e. The Hall–Kier alpha value is -0.470. The molecule has 1 aromatic rings. The minimum atomic E-state index is 0.620. The van der Waals surface area contributed by atoms with Gasteiger partial charge in [0, 0.05) is 17.0 Å². The van der Waals surface area contributed by atoms with Crippen LogP contribution in [-0.2, 0) is 12.8 Å². The topological polar surface area (TPSA) is 12.0 Å². The predicted molar refractivity (Wildman–Crippen MR) is 96.3 cm³/mol. The van der Waals surface area contributed by atoms with Crippen molar-refractivity contribution >= 4 is 11.8 Å². The van der Waals surface area contributed by atoms with Crippen LogP contribution < -0.4 is 5.32 Å². The van der Waals surface area contributed by atoms with Crippen LogP contribution in [0.25, 0.3) is 0 Å². The number of hydrogen-bond acceptors (Lipinski definition) is 2. The molecule has 0 amide bonds. The van der Waals surface area contributed by atoms with E-state index in [4.69, 9.17) is 0 Å². The summed E-state index contributed by atoms with van der Waals surface area (Å²) >= 11 is 2.21. The second kappa shape index (κ2) is 9.53. The zero-order valence-corrected chi connectivity index (χ0v) is 14.6. The van der Waals surface area contributed by atoms with Crippen molar-refractivity contribution in [3.63, 3.8) is 0 Å². The first-order chi connectivity index (χ1) is 10.3. The Morgan fingerprint density at radius 1 is 1.05 bits per heavy atom. The number of aryl methyl sites for hydroxylation is 1. The summed E-state index contributed by atoms with van der Waals surface area (Å²) in [6.07, 6.45) is 9.52. The summed E-state index contributed by atoms with van der Waals surface area (Å²) in [6.45, 7) is 5.51. The molecular weight excluding hydrogens is 274 g/mol. The van der Waals surface area contributed by atoms with E-state index >= 15 is 0 Å². The van der Waals surface area contributed by atoms with Crippen molar-refractivity contribution in [3.05, 3.63) is 35.4 Å². The highest BCUT2D eigenvalue weighted by molar-refractivity contribution is 7.99. The molecule has 1 saturated carbocycles. The van der Waals surface area contributed by atoms with Crippen molar-refractivity contribution in [1.82, 2.24) is 5.32 Å². The maximum Gasteiger partial charge on any atom is 0.0198 e. The van der Waals surface area contributed by atoms with Gasteiger partial charge in [-0.05, 0) is 43.4 Å². The summed E-state index contributed by atoms with van der Waals surface area (Å²) in [4.78, 5) is 0. The van der Waals surface area contributed by atoms with Gasteiger partial charge in [0.05, 0.1) is 0 Å². The lowest BCUT2D eigenvalue weighted by Crippen LogP contribution is -2.34. The Morgan fingerprint density at radius 3 is 2.33 bits per heavy atom. The van der Waals surface area contributed by atoms with Gasteiger partial charge in [0.15, 0.2) is 0 Å². The molecule has 0 aliphatic heterocycles. The van der Waals surface area contributed by atoms with Crippen LogP contribution in [0.5, 0.6) is 0 Å². The quantitative estimate of drug-likeness (QED) is 0.738. The second-order valence-electron chi connectivity index (χ2n) is 6.22. The van der Waals surface area contributed by atoms with Gasteiger partial charge < -0.3 is 5.32 Å². The van der Waals surface area contributed by atoms with Crippen LogP contribution in [0.3, 0.4) is 0 Å². The van der Waals surface area contributed by atoms with Crippen LogP contribution in [0.2, 0.25) is 0 Å². The molecule has 1 nitrogen and oxygen atoms in total. The fourth-order valence-electron chi connectivity index (χ4n) is 3.16. The first-order valence-corrected chi connectivity index (χ1v) is 9.79. The van der Waals surface area contributed by atoms with E-state index in [1.807, 2.05) is 0 Å². The van der Waals surface area contributed by atoms with Gasteiger partial charge in [-0.15, -0.1) is 0 Å². The van der Waals surface area contributed by atoms with Crippen LogP contribution >= 0.6 is 11.8 Å². The van der Waals surface area contributed by atoms with Gasteiger partial charge in [0.2, 0.25) is 0 Å². The third kappa shape index (κ3) is 6.04. The summed E-state index contributed by atoms with van der Waals surface area (Å²) in [6, 6.07) is 9.82. The summed E-state index contributed by atoms with van der Waals surface area (Å²) in [5, 5.41) is 4.60. The van der Waals surface area contributed by atoms with E-state index in [1.54, 1.807) is 0 Å². The Morgan fingerprint density at radius 2 is 1.71 bits per heavy atom. The van der Waals surface area contributed by atoms with Gasteiger partial charge >= 0.3 is 0 Å². The molecule has 1 aliphatic rings. The molecule has 118 valence electrons. The molecule has 2 rings (SSSR count). The molecule has 1 aliphatic carbocycles. The molecule has 0 heterocycles. The minimum Gasteiger partial charge on any atom is -0.313 e. The zero-order chi connectivity index (χ0) is 14.9. The van der Waals surface area contributed by atoms with E-state index in [-0.39, 0.29) is 0 Å². The first kappa shape index (κ1) is 16.9. The Labute approximate surface area is 135 Å². The molecule has 1 N–H and O–H groups in total. The highest BCUT2D eigenvalue weighted by atomic mass is 32.2. The fourth-order valence-corrected chi connectivity index (χ4v) is 4.57. The van der Waals surface area contributed by atoms with Crippen LogP contribution in [0.1, 0.15) is 57.1 Å². The molecule has 0 saturated heterocycles. The van der Waals surface area contributed by atoms with Crippen LogP contribution in [0.4, 0.5) is 0 Å². The van der Waals surface area contributed by atoms with Crippen molar-refractivity contribution in [1.29, 1.82) is 0 Å². The third-order valence-electron chi connectivity index (χ3n) is 4.49. The number of thioether (sulfide) groups is 1. The number of nitrogens with one attached hydrogen (secondary N) is 1. The Bertz CT molecular complexity index is 381. The number of hydrogen-bond donors (Lipinski definition) is 1. The largest absolute Gasteiger partial charge is 0.313 e. The number of rotatable bonds is 8. The van der Waals surface area contributed by atoms with E-state index in [1.165, 1.54) is 49.0 Å². The van der Waals surface area contributed by atoms with Crippen LogP contribution in [0, 0.1) is 0 Å².